The monoisotopic (exact) mass is 357 g/mol. The molecule has 1 heterocycles. The lowest BCUT2D eigenvalue weighted by atomic mass is 9.85. The number of likely N-dealkylation sites (N-methyl/N-ethyl adjacent to an activating group) is 1. The second-order valence-electron chi connectivity index (χ2n) is 7.79. The van der Waals surface area contributed by atoms with Gasteiger partial charge in [-0.2, -0.15) is 0 Å². The lowest BCUT2D eigenvalue weighted by Gasteiger charge is -2.27. The van der Waals surface area contributed by atoms with Gasteiger partial charge >= 0.3 is 0 Å². The molecule has 1 aromatic heterocycles. The van der Waals surface area contributed by atoms with E-state index in [1.54, 1.807) is 14.1 Å². The van der Waals surface area contributed by atoms with Crippen molar-refractivity contribution < 1.29 is 9.59 Å². The maximum atomic E-state index is 12.6. The van der Waals surface area contributed by atoms with E-state index in [2.05, 4.69) is 36.4 Å². The van der Waals surface area contributed by atoms with Gasteiger partial charge < -0.3 is 10.2 Å². The third-order valence-corrected chi connectivity index (χ3v) is 3.89. The van der Waals surface area contributed by atoms with E-state index in [-0.39, 0.29) is 35.5 Å². The lowest BCUT2D eigenvalue weighted by molar-refractivity contribution is -0.129. The molecule has 2 amide bonds. The minimum absolute atomic E-state index is 0.0452. The van der Waals surface area contributed by atoms with Gasteiger partial charge in [-0.3, -0.25) is 9.59 Å². The molecule has 2 rings (SSSR count). The number of aromatic nitrogens is 3. The molecule has 7 heteroatoms. The van der Waals surface area contributed by atoms with Crippen LogP contribution in [0.1, 0.15) is 49.3 Å². The molecule has 0 aliphatic heterocycles. The number of amides is 2. The van der Waals surface area contributed by atoms with Crippen LogP contribution in [0.15, 0.2) is 36.5 Å². The molecule has 0 saturated carbocycles. The number of nitrogens with zero attached hydrogens (tertiary/aromatic N) is 4. The van der Waals surface area contributed by atoms with Gasteiger partial charge in [0.05, 0.1) is 12.2 Å². The summed E-state index contributed by atoms with van der Waals surface area (Å²) in [5, 5.41) is 10.8. The third-order valence-electron chi connectivity index (χ3n) is 3.89. The predicted octanol–water partition coefficient (Wildman–Crippen LogP) is 2.27. The zero-order valence-corrected chi connectivity index (χ0v) is 16.1. The van der Waals surface area contributed by atoms with Crippen molar-refractivity contribution in [2.75, 3.05) is 14.1 Å². The zero-order valence-electron chi connectivity index (χ0n) is 16.1. The molecular weight excluding hydrogens is 330 g/mol. The quantitative estimate of drug-likeness (QED) is 0.860. The Kier molecular flexibility index (Phi) is 6.13. The van der Waals surface area contributed by atoms with Gasteiger partial charge in [0.1, 0.15) is 6.54 Å². The highest BCUT2D eigenvalue weighted by Crippen LogP contribution is 2.29. The summed E-state index contributed by atoms with van der Waals surface area (Å²) in [5.74, 6) is -0.414. The van der Waals surface area contributed by atoms with Gasteiger partial charge in [0.25, 0.3) is 5.91 Å². The van der Waals surface area contributed by atoms with Crippen molar-refractivity contribution >= 4 is 11.8 Å². The van der Waals surface area contributed by atoms with E-state index in [4.69, 9.17) is 0 Å². The van der Waals surface area contributed by atoms with Crippen LogP contribution in [-0.4, -0.2) is 45.8 Å². The summed E-state index contributed by atoms with van der Waals surface area (Å²) in [6, 6.07) is 9.75. The van der Waals surface area contributed by atoms with Crippen LogP contribution in [0.3, 0.4) is 0 Å². The van der Waals surface area contributed by atoms with Crippen molar-refractivity contribution in [1.29, 1.82) is 0 Å². The Labute approximate surface area is 154 Å². The summed E-state index contributed by atoms with van der Waals surface area (Å²) in [7, 11) is 3.34. The minimum atomic E-state index is -0.299. The molecule has 0 radical (unpaired) electrons. The predicted molar refractivity (Wildman–Crippen MR) is 99.4 cm³/mol. The average Bonchev–Trinajstić information content (AvgIpc) is 3.02. The number of hydrogen-bond donors (Lipinski definition) is 1. The van der Waals surface area contributed by atoms with Crippen molar-refractivity contribution in [3.63, 3.8) is 0 Å². The first-order chi connectivity index (χ1) is 12.2. The van der Waals surface area contributed by atoms with E-state index in [9.17, 15) is 9.59 Å². The molecule has 0 aliphatic rings. The van der Waals surface area contributed by atoms with Crippen LogP contribution in [0.25, 0.3) is 0 Å². The van der Waals surface area contributed by atoms with Crippen LogP contribution in [0.2, 0.25) is 0 Å². The van der Waals surface area contributed by atoms with E-state index in [1.807, 2.05) is 30.3 Å². The van der Waals surface area contributed by atoms with Crippen molar-refractivity contribution in [3.8, 4) is 0 Å². The Hall–Kier alpha value is -2.70. The maximum Gasteiger partial charge on any atom is 0.273 e. The third kappa shape index (κ3) is 5.68. The van der Waals surface area contributed by atoms with Gasteiger partial charge in [-0.05, 0) is 17.4 Å². The van der Waals surface area contributed by atoms with E-state index >= 15 is 0 Å². The topological polar surface area (TPSA) is 80.1 Å². The molecule has 0 saturated heterocycles. The summed E-state index contributed by atoms with van der Waals surface area (Å²) in [6.45, 7) is 6.46. The summed E-state index contributed by atoms with van der Waals surface area (Å²) in [5.41, 5.74) is 1.29. The summed E-state index contributed by atoms with van der Waals surface area (Å²) in [4.78, 5) is 25.8. The molecular formula is C19H27N5O2. The number of nitrogens with one attached hydrogen (secondary N) is 1. The normalized spacial score (nSPS) is 12.5. The van der Waals surface area contributed by atoms with E-state index in [0.717, 1.165) is 12.0 Å². The van der Waals surface area contributed by atoms with Gasteiger partial charge in [0, 0.05) is 14.1 Å². The van der Waals surface area contributed by atoms with Crippen molar-refractivity contribution in [2.24, 2.45) is 5.41 Å². The van der Waals surface area contributed by atoms with E-state index in [1.165, 1.54) is 15.8 Å². The second-order valence-corrected chi connectivity index (χ2v) is 7.79. The van der Waals surface area contributed by atoms with E-state index in [0.29, 0.717) is 0 Å². The summed E-state index contributed by atoms with van der Waals surface area (Å²) < 4.78 is 1.37. The molecule has 0 bridgehead atoms. The van der Waals surface area contributed by atoms with Gasteiger partial charge in [-0.25, -0.2) is 4.68 Å². The molecule has 1 N–H and O–H groups in total. The fourth-order valence-electron chi connectivity index (χ4n) is 2.54. The first-order valence-electron chi connectivity index (χ1n) is 8.62. The molecule has 0 spiro atoms. The van der Waals surface area contributed by atoms with Crippen LogP contribution in [0.5, 0.6) is 0 Å². The second kappa shape index (κ2) is 8.12. The first kappa shape index (κ1) is 19.6. The first-order valence-corrected chi connectivity index (χ1v) is 8.62. The Morgan fingerprint density at radius 2 is 1.85 bits per heavy atom. The largest absolute Gasteiger partial charge is 0.347 e. The summed E-state index contributed by atoms with van der Waals surface area (Å²) >= 11 is 0. The fraction of sp³-hybridized carbons (Fsp3) is 0.474. The maximum absolute atomic E-state index is 12.6. The minimum Gasteiger partial charge on any atom is -0.347 e. The molecule has 1 atom stereocenters. The molecule has 1 unspecified atom stereocenters. The number of rotatable bonds is 6. The van der Waals surface area contributed by atoms with Crippen LogP contribution >= 0.6 is 0 Å². The van der Waals surface area contributed by atoms with Gasteiger partial charge in [-0.1, -0.05) is 56.3 Å². The smallest absolute Gasteiger partial charge is 0.273 e. The van der Waals surface area contributed by atoms with Crippen LogP contribution in [0.4, 0.5) is 0 Å². The van der Waals surface area contributed by atoms with Gasteiger partial charge in [0.15, 0.2) is 5.69 Å². The number of hydrogen-bond acceptors (Lipinski definition) is 4. The Morgan fingerprint density at radius 1 is 1.19 bits per heavy atom. The van der Waals surface area contributed by atoms with Crippen molar-refractivity contribution in [3.05, 3.63) is 47.8 Å². The highest BCUT2D eigenvalue weighted by molar-refractivity contribution is 5.92. The highest BCUT2D eigenvalue weighted by atomic mass is 16.2. The van der Waals surface area contributed by atoms with Crippen molar-refractivity contribution in [1.82, 2.24) is 25.2 Å². The summed E-state index contributed by atoms with van der Waals surface area (Å²) in [6.07, 6.45) is 2.28. The zero-order chi connectivity index (χ0) is 19.3. The SMILES string of the molecule is CN(C)C(=O)Cn1cc(C(=O)NC(CC(C)(C)C)c2ccccc2)nn1. The van der Waals surface area contributed by atoms with Crippen LogP contribution < -0.4 is 5.32 Å². The van der Waals surface area contributed by atoms with Crippen LogP contribution in [-0.2, 0) is 11.3 Å². The van der Waals surface area contributed by atoms with Crippen molar-refractivity contribution in [2.45, 2.75) is 39.8 Å². The number of carbonyl (C=O) groups excluding carboxylic acids is 2. The molecule has 1 aromatic carbocycles. The molecule has 0 fully saturated rings. The standard InChI is InChI=1S/C19H27N5O2/c1-19(2,3)11-15(14-9-7-6-8-10-14)20-18(26)16-12-24(22-21-16)13-17(25)23(4)5/h6-10,12,15H,11,13H2,1-5H3,(H,20,26). The van der Waals surface area contributed by atoms with Crippen LogP contribution in [0, 0.1) is 5.41 Å². The Balaban J connectivity index is 2.12. The Bertz CT molecular complexity index is 747. The average molecular weight is 357 g/mol. The highest BCUT2D eigenvalue weighted by Gasteiger charge is 2.23. The van der Waals surface area contributed by atoms with E-state index < -0.39 is 0 Å². The molecule has 2 aromatic rings. The molecule has 140 valence electrons. The number of carbonyl (C=O) groups is 2. The fourth-order valence-corrected chi connectivity index (χ4v) is 2.54. The lowest BCUT2D eigenvalue weighted by Crippen LogP contribution is -2.31. The molecule has 7 nitrogen and oxygen atoms in total. The van der Waals surface area contributed by atoms with Gasteiger partial charge in [-0.15, -0.1) is 5.10 Å². The van der Waals surface area contributed by atoms with Gasteiger partial charge in [0.2, 0.25) is 5.91 Å². The molecule has 26 heavy (non-hydrogen) atoms. The molecule has 0 aliphatic carbocycles. The Morgan fingerprint density at radius 3 is 2.42 bits per heavy atom. The number of benzene rings is 1.